The van der Waals surface area contributed by atoms with Gasteiger partial charge in [0.2, 0.25) is 5.88 Å². The van der Waals surface area contributed by atoms with Crippen LogP contribution in [0.1, 0.15) is 36.0 Å². The maximum absolute atomic E-state index is 13.7. The van der Waals surface area contributed by atoms with Gasteiger partial charge in [0.1, 0.15) is 5.82 Å². The van der Waals surface area contributed by atoms with Crippen LogP contribution < -0.4 is 4.74 Å². The Kier molecular flexibility index (Phi) is 5.31. The predicted molar refractivity (Wildman–Crippen MR) is 112 cm³/mol. The fourth-order valence-electron chi connectivity index (χ4n) is 4.76. The number of benzene rings is 1. The molecule has 2 fully saturated rings. The molecular formula is C22H21ClFN5O2. The highest BCUT2D eigenvalue weighted by Crippen LogP contribution is 2.41. The largest absolute Gasteiger partial charge is 0.477 e. The van der Waals surface area contributed by atoms with Gasteiger partial charge in [0.05, 0.1) is 36.4 Å². The van der Waals surface area contributed by atoms with Gasteiger partial charge in [-0.1, -0.05) is 16.8 Å². The normalized spacial score (nSPS) is 22.5. The zero-order valence-electron chi connectivity index (χ0n) is 16.7. The number of halogens is 2. The second-order valence-electron chi connectivity index (χ2n) is 7.98. The molecule has 2 saturated heterocycles. The van der Waals surface area contributed by atoms with Gasteiger partial charge in [0.15, 0.2) is 0 Å². The Hall–Kier alpha value is -3.00. The second kappa shape index (κ2) is 8.26. The number of nitrogens with zero attached hydrogens (tertiary/aromatic N) is 5. The van der Waals surface area contributed by atoms with Gasteiger partial charge in [-0.3, -0.25) is 4.79 Å². The fourth-order valence-corrected chi connectivity index (χ4v) is 4.94. The molecule has 0 saturated carbocycles. The Labute approximate surface area is 183 Å². The topological polar surface area (TPSA) is 73.1 Å². The van der Waals surface area contributed by atoms with Crippen LogP contribution in [0.25, 0.3) is 5.69 Å². The summed E-state index contributed by atoms with van der Waals surface area (Å²) in [5.74, 6) is 0.126. The molecule has 2 aliphatic rings. The number of amides is 1. The van der Waals surface area contributed by atoms with Crippen LogP contribution in [-0.4, -0.2) is 49.5 Å². The first-order valence-corrected chi connectivity index (χ1v) is 10.7. The Morgan fingerprint density at radius 2 is 2.06 bits per heavy atom. The first-order chi connectivity index (χ1) is 15.1. The number of fused-ring (bicyclic) bond motifs is 2. The summed E-state index contributed by atoms with van der Waals surface area (Å²) in [5.41, 5.74) is 1.16. The van der Waals surface area contributed by atoms with Crippen LogP contribution in [-0.2, 0) is 0 Å². The van der Waals surface area contributed by atoms with Crippen LogP contribution in [0, 0.1) is 11.7 Å². The Bertz CT molecular complexity index is 1080. The van der Waals surface area contributed by atoms with E-state index >= 15 is 0 Å². The van der Waals surface area contributed by atoms with Crippen molar-refractivity contribution in [1.29, 1.82) is 0 Å². The van der Waals surface area contributed by atoms with E-state index in [1.807, 2.05) is 4.90 Å². The number of carbonyl (C=O) groups excluding carboxylic acids is 1. The summed E-state index contributed by atoms with van der Waals surface area (Å²) in [6.45, 7) is 0.436. The molecule has 7 nitrogen and oxygen atoms in total. The average Bonchev–Trinajstić information content (AvgIpc) is 3.41. The van der Waals surface area contributed by atoms with Crippen LogP contribution in [0.4, 0.5) is 4.39 Å². The van der Waals surface area contributed by atoms with Gasteiger partial charge in [-0.15, -0.1) is 5.10 Å². The molecule has 2 bridgehead atoms. The Balaban J connectivity index is 1.38. The smallest absolute Gasteiger partial charge is 0.256 e. The summed E-state index contributed by atoms with van der Waals surface area (Å²) in [6, 6.07) is 8.37. The molecule has 0 radical (unpaired) electrons. The van der Waals surface area contributed by atoms with Crippen LogP contribution >= 0.6 is 11.6 Å². The minimum Gasteiger partial charge on any atom is -0.477 e. The van der Waals surface area contributed by atoms with Gasteiger partial charge in [-0.25, -0.2) is 14.1 Å². The molecule has 1 amide bonds. The molecule has 31 heavy (non-hydrogen) atoms. The van der Waals surface area contributed by atoms with Crippen molar-refractivity contribution in [3.8, 4) is 11.6 Å². The van der Waals surface area contributed by atoms with Gasteiger partial charge in [0.25, 0.3) is 5.91 Å². The van der Waals surface area contributed by atoms with Crippen LogP contribution in [0.5, 0.6) is 5.88 Å². The van der Waals surface area contributed by atoms with Gasteiger partial charge in [-0.2, -0.15) is 0 Å². The molecule has 0 aliphatic carbocycles. The zero-order valence-corrected chi connectivity index (χ0v) is 17.5. The third-order valence-corrected chi connectivity index (χ3v) is 6.43. The van der Waals surface area contributed by atoms with Gasteiger partial charge in [-0.05, 0) is 49.9 Å². The van der Waals surface area contributed by atoms with Crippen molar-refractivity contribution in [1.82, 2.24) is 24.9 Å². The van der Waals surface area contributed by atoms with E-state index in [9.17, 15) is 9.18 Å². The Morgan fingerprint density at radius 1 is 1.19 bits per heavy atom. The predicted octanol–water partition coefficient (Wildman–Crippen LogP) is 3.92. The van der Waals surface area contributed by atoms with Gasteiger partial charge < -0.3 is 9.64 Å². The first-order valence-electron chi connectivity index (χ1n) is 10.3. The molecule has 3 atom stereocenters. The van der Waals surface area contributed by atoms with Gasteiger partial charge >= 0.3 is 0 Å². The van der Waals surface area contributed by atoms with Crippen molar-refractivity contribution in [2.75, 3.05) is 6.61 Å². The lowest BCUT2D eigenvalue weighted by atomic mass is 9.90. The fraction of sp³-hybridized carbons (Fsp3) is 0.364. The summed E-state index contributed by atoms with van der Waals surface area (Å²) in [5, 5.41) is 8.40. The monoisotopic (exact) mass is 441 g/mol. The number of aromatic nitrogens is 4. The number of pyridine rings is 1. The molecule has 0 spiro atoms. The van der Waals surface area contributed by atoms with Crippen molar-refractivity contribution >= 4 is 17.5 Å². The lowest BCUT2D eigenvalue weighted by Crippen LogP contribution is -2.49. The molecule has 2 unspecified atom stereocenters. The quantitative estimate of drug-likeness (QED) is 0.600. The van der Waals surface area contributed by atoms with Crippen molar-refractivity contribution in [3.63, 3.8) is 0 Å². The standard InChI is InChI=1S/C22H21ClFN5O2/c23-15-2-6-20(28-10-9-26-27-28)18(11-15)22(30)29-17-4-1-14(19(29)7-5-17)13-31-21-8-3-16(24)12-25-21/h2-3,6,8-12,14,17,19H,1,4-5,7,13H2/t14-,17?,19?/m1/s1. The van der Waals surface area contributed by atoms with E-state index in [2.05, 4.69) is 15.3 Å². The first kappa shape index (κ1) is 19.9. The van der Waals surface area contributed by atoms with Crippen molar-refractivity contribution in [3.05, 3.63) is 65.3 Å². The number of ether oxygens (including phenoxy) is 1. The van der Waals surface area contributed by atoms with Crippen molar-refractivity contribution in [2.24, 2.45) is 5.92 Å². The van der Waals surface area contributed by atoms with E-state index in [1.54, 1.807) is 35.3 Å². The van der Waals surface area contributed by atoms with Gasteiger partial charge in [0, 0.05) is 29.1 Å². The average molecular weight is 442 g/mol. The Morgan fingerprint density at radius 3 is 2.84 bits per heavy atom. The van der Waals surface area contributed by atoms with Crippen molar-refractivity contribution < 1.29 is 13.9 Å². The highest BCUT2D eigenvalue weighted by Gasteiger charge is 2.45. The molecular weight excluding hydrogens is 421 g/mol. The summed E-state index contributed by atoms with van der Waals surface area (Å²) in [6.07, 6.45) is 8.23. The lowest BCUT2D eigenvalue weighted by Gasteiger charge is -2.40. The van der Waals surface area contributed by atoms with E-state index < -0.39 is 5.82 Å². The lowest BCUT2D eigenvalue weighted by molar-refractivity contribution is 0.0403. The SMILES string of the molecule is O=C(c1cc(Cl)ccc1-n1ccnn1)N1C2CCC1[C@@H](COc1ccc(F)cn1)CC2. The van der Waals surface area contributed by atoms with E-state index in [0.717, 1.165) is 31.9 Å². The molecule has 4 heterocycles. The molecule has 160 valence electrons. The highest BCUT2D eigenvalue weighted by atomic mass is 35.5. The third kappa shape index (κ3) is 3.87. The van der Waals surface area contributed by atoms with Crippen molar-refractivity contribution in [2.45, 2.75) is 37.8 Å². The minimum atomic E-state index is -0.398. The zero-order chi connectivity index (χ0) is 21.4. The summed E-state index contributed by atoms with van der Waals surface area (Å²) in [4.78, 5) is 19.7. The summed E-state index contributed by atoms with van der Waals surface area (Å²) >= 11 is 6.24. The number of carbonyl (C=O) groups is 1. The van der Waals surface area contributed by atoms with Crippen LogP contribution in [0.15, 0.2) is 48.9 Å². The highest BCUT2D eigenvalue weighted by molar-refractivity contribution is 6.31. The minimum absolute atomic E-state index is 0.0508. The molecule has 3 aromatic rings. The van der Waals surface area contributed by atoms with E-state index in [-0.39, 0.29) is 23.9 Å². The van der Waals surface area contributed by atoms with E-state index in [4.69, 9.17) is 16.3 Å². The molecule has 1 aromatic carbocycles. The van der Waals surface area contributed by atoms with E-state index in [0.29, 0.717) is 28.8 Å². The number of hydrogen-bond acceptors (Lipinski definition) is 5. The molecule has 0 N–H and O–H groups in total. The third-order valence-electron chi connectivity index (χ3n) is 6.20. The maximum Gasteiger partial charge on any atom is 0.256 e. The molecule has 5 rings (SSSR count). The summed E-state index contributed by atoms with van der Waals surface area (Å²) < 4.78 is 20.5. The second-order valence-corrected chi connectivity index (χ2v) is 8.42. The molecule has 2 aromatic heterocycles. The van der Waals surface area contributed by atoms with E-state index in [1.165, 1.54) is 12.1 Å². The van der Waals surface area contributed by atoms with Crippen LogP contribution in [0.2, 0.25) is 5.02 Å². The number of piperidine rings is 1. The summed E-state index contributed by atoms with van der Waals surface area (Å²) in [7, 11) is 0. The number of rotatable bonds is 5. The van der Waals surface area contributed by atoms with Crippen LogP contribution in [0.3, 0.4) is 0 Å². The molecule has 9 heteroatoms. The maximum atomic E-state index is 13.7. The molecule has 2 aliphatic heterocycles. The number of hydrogen-bond donors (Lipinski definition) is 0.